The van der Waals surface area contributed by atoms with Crippen molar-refractivity contribution in [2.45, 2.75) is 108 Å². The highest BCUT2D eigenvalue weighted by atomic mass is 16.3. The highest BCUT2D eigenvalue weighted by molar-refractivity contribution is 5.96. The van der Waals surface area contributed by atoms with Gasteiger partial charge in [-0.15, -0.1) is 0 Å². The molecule has 1 aliphatic heterocycles. The quantitative estimate of drug-likeness (QED) is 0.0705. The summed E-state index contributed by atoms with van der Waals surface area (Å²) >= 11 is 0. The minimum Gasteiger partial charge on any atom is -0.508 e. The van der Waals surface area contributed by atoms with Gasteiger partial charge in [-0.05, 0) is 66.5 Å². The second-order valence-corrected chi connectivity index (χ2v) is 15.3. The number of aromatic amines is 1. The number of rotatable bonds is 20. The van der Waals surface area contributed by atoms with Gasteiger partial charge in [0.2, 0.25) is 29.5 Å². The maximum absolute atomic E-state index is 14.3. The molecular weight excluding hydrogens is 723 g/mol. The first-order valence-corrected chi connectivity index (χ1v) is 20.1. The number of para-hydroxylation sites is 1. The lowest BCUT2D eigenvalue weighted by Gasteiger charge is -2.29. The molecule has 4 aromatic rings. The fourth-order valence-electron chi connectivity index (χ4n) is 7.68. The van der Waals surface area contributed by atoms with E-state index in [-0.39, 0.29) is 30.9 Å². The Balaban J connectivity index is 1.35. The lowest BCUT2D eigenvalue weighted by Crippen LogP contribution is -2.59. The van der Waals surface area contributed by atoms with Crippen LogP contribution in [0.15, 0.2) is 85.1 Å². The first kappa shape index (κ1) is 42.5. The van der Waals surface area contributed by atoms with Crippen molar-refractivity contribution >= 4 is 40.4 Å². The van der Waals surface area contributed by atoms with E-state index in [4.69, 9.17) is 11.5 Å². The Labute approximate surface area is 334 Å². The van der Waals surface area contributed by atoms with Gasteiger partial charge in [-0.3, -0.25) is 24.0 Å². The number of nitrogens with zero attached hydrogens (tertiary/aromatic N) is 1. The smallest absolute Gasteiger partial charge is 0.243 e. The van der Waals surface area contributed by atoms with Crippen LogP contribution in [0.25, 0.3) is 10.9 Å². The van der Waals surface area contributed by atoms with Crippen LogP contribution in [-0.2, 0) is 43.2 Å². The number of carbonyl (C=O) groups excluding carboxylic acids is 5. The monoisotopic (exact) mass is 779 g/mol. The third kappa shape index (κ3) is 11.9. The Morgan fingerprint density at radius 2 is 1.47 bits per heavy atom. The van der Waals surface area contributed by atoms with Gasteiger partial charge in [0.25, 0.3) is 0 Å². The number of hydrogen-bond donors (Lipinski definition) is 7. The van der Waals surface area contributed by atoms with Gasteiger partial charge in [0.15, 0.2) is 0 Å². The van der Waals surface area contributed by atoms with Crippen LogP contribution in [0.2, 0.25) is 0 Å². The number of phenols is 1. The molecule has 0 spiro atoms. The second-order valence-electron chi connectivity index (χ2n) is 15.3. The van der Waals surface area contributed by atoms with Crippen LogP contribution in [0.1, 0.15) is 75.5 Å². The zero-order chi connectivity index (χ0) is 40.9. The van der Waals surface area contributed by atoms with E-state index < -0.39 is 53.8 Å². The Hall–Kier alpha value is -5.69. The molecule has 1 fully saturated rings. The Morgan fingerprint density at radius 3 is 2.19 bits per heavy atom. The molecule has 9 N–H and O–H groups in total. The topological polar surface area (TPSA) is 213 Å². The number of carbonyl (C=O) groups is 5. The second kappa shape index (κ2) is 20.5. The number of phenolic OH excluding ortho intramolecular Hbond substituents is 1. The van der Waals surface area contributed by atoms with Gasteiger partial charge in [-0.2, -0.15) is 0 Å². The van der Waals surface area contributed by atoms with E-state index in [1.165, 1.54) is 17.0 Å². The normalized spacial score (nSPS) is 16.6. The molecule has 0 aliphatic carbocycles. The van der Waals surface area contributed by atoms with Gasteiger partial charge in [-0.1, -0.05) is 100 Å². The van der Waals surface area contributed by atoms with Gasteiger partial charge >= 0.3 is 0 Å². The summed E-state index contributed by atoms with van der Waals surface area (Å²) in [5.41, 5.74) is 15.3. The fourth-order valence-corrected chi connectivity index (χ4v) is 7.68. The van der Waals surface area contributed by atoms with Crippen molar-refractivity contribution in [3.63, 3.8) is 0 Å². The fraction of sp³-hybridized carbons (Fsp3) is 0.432. The molecule has 6 atom stereocenters. The van der Waals surface area contributed by atoms with Crippen LogP contribution in [-0.4, -0.2) is 81.3 Å². The van der Waals surface area contributed by atoms with Gasteiger partial charge in [0.1, 0.15) is 29.9 Å². The average molecular weight is 780 g/mol. The SMILES string of the molecule is CCCC(C)CCCC(NC(=O)C1CCCN1C(=O)C(N)Cc1ccc(O)cc1)C(=O)NC(Cc1c[nH]c2ccccc12)C(=O)NC(Cc1ccccc1)C(N)=O. The molecule has 1 aromatic heterocycles. The van der Waals surface area contributed by atoms with Gasteiger partial charge in [-0.25, -0.2) is 0 Å². The average Bonchev–Trinajstić information content (AvgIpc) is 3.86. The molecule has 0 radical (unpaired) electrons. The number of hydrogen-bond acceptors (Lipinski definition) is 7. The van der Waals surface area contributed by atoms with E-state index in [9.17, 15) is 29.1 Å². The third-order valence-corrected chi connectivity index (χ3v) is 10.8. The number of H-pyrrole nitrogens is 1. The molecule has 6 unspecified atom stereocenters. The van der Waals surface area contributed by atoms with Crippen molar-refractivity contribution in [3.05, 3.63) is 102 Å². The predicted octanol–water partition coefficient (Wildman–Crippen LogP) is 3.77. The van der Waals surface area contributed by atoms with E-state index in [0.717, 1.165) is 46.9 Å². The minimum absolute atomic E-state index is 0.0937. The Bertz CT molecular complexity index is 1970. The molecule has 57 heavy (non-hydrogen) atoms. The third-order valence-electron chi connectivity index (χ3n) is 10.8. The maximum Gasteiger partial charge on any atom is 0.243 e. The first-order valence-electron chi connectivity index (χ1n) is 20.1. The Kier molecular flexibility index (Phi) is 15.2. The van der Waals surface area contributed by atoms with Gasteiger partial charge < -0.3 is 42.4 Å². The summed E-state index contributed by atoms with van der Waals surface area (Å²) < 4.78 is 0. The molecule has 0 bridgehead atoms. The number of aromatic hydroxyl groups is 1. The highest BCUT2D eigenvalue weighted by Gasteiger charge is 2.38. The van der Waals surface area contributed by atoms with Crippen molar-refractivity contribution in [3.8, 4) is 5.75 Å². The molecule has 2 heterocycles. The molecule has 1 aliphatic rings. The number of likely N-dealkylation sites (tertiary alicyclic amines) is 1. The van der Waals surface area contributed by atoms with Crippen LogP contribution in [0, 0.1) is 5.92 Å². The number of primary amides is 1. The summed E-state index contributed by atoms with van der Waals surface area (Å²) in [4.78, 5) is 73.4. The summed E-state index contributed by atoms with van der Waals surface area (Å²) in [5.74, 6) is -2.16. The molecule has 304 valence electrons. The van der Waals surface area contributed by atoms with Crippen LogP contribution < -0.4 is 27.4 Å². The van der Waals surface area contributed by atoms with Crippen molar-refractivity contribution in [1.82, 2.24) is 25.8 Å². The highest BCUT2D eigenvalue weighted by Crippen LogP contribution is 2.22. The molecule has 3 aromatic carbocycles. The summed E-state index contributed by atoms with van der Waals surface area (Å²) in [6.45, 7) is 4.63. The van der Waals surface area contributed by atoms with Crippen molar-refractivity contribution in [2.24, 2.45) is 17.4 Å². The van der Waals surface area contributed by atoms with Crippen molar-refractivity contribution < 1.29 is 29.1 Å². The number of aromatic nitrogens is 1. The van der Waals surface area contributed by atoms with Crippen LogP contribution in [0.5, 0.6) is 5.75 Å². The van der Waals surface area contributed by atoms with Crippen molar-refractivity contribution in [1.29, 1.82) is 0 Å². The zero-order valence-corrected chi connectivity index (χ0v) is 32.9. The van der Waals surface area contributed by atoms with Gasteiger partial charge in [0.05, 0.1) is 6.04 Å². The van der Waals surface area contributed by atoms with E-state index in [0.29, 0.717) is 38.1 Å². The molecule has 5 rings (SSSR count). The number of nitrogens with two attached hydrogens (primary N) is 2. The molecular formula is C44H57N7O6. The van der Waals surface area contributed by atoms with Crippen LogP contribution in [0.3, 0.4) is 0 Å². The molecule has 0 saturated carbocycles. The zero-order valence-electron chi connectivity index (χ0n) is 32.9. The lowest BCUT2D eigenvalue weighted by molar-refractivity contribution is -0.140. The molecule has 13 heteroatoms. The minimum atomic E-state index is -1.13. The summed E-state index contributed by atoms with van der Waals surface area (Å²) in [5, 5.41) is 19.2. The summed E-state index contributed by atoms with van der Waals surface area (Å²) in [6.07, 6.45) is 7.14. The molecule has 1 saturated heterocycles. The largest absolute Gasteiger partial charge is 0.508 e. The maximum atomic E-state index is 14.3. The van der Waals surface area contributed by atoms with E-state index in [1.807, 2.05) is 54.6 Å². The molecule has 13 nitrogen and oxygen atoms in total. The van der Waals surface area contributed by atoms with Crippen LogP contribution in [0.4, 0.5) is 0 Å². The lowest BCUT2D eigenvalue weighted by atomic mass is 9.96. The predicted molar refractivity (Wildman–Crippen MR) is 220 cm³/mol. The van der Waals surface area contributed by atoms with Gasteiger partial charge in [0, 0.05) is 36.5 Å². The van der Waals surface area contributed by atoms with E-state index >= 15 is 0 Å². The first-order chi connectivity index (χ1) is 27.4. The summed E-state index contributed by atoms with van der Waals surface area (Å²) in [7, 11) is 0. The summed E-state index contributed by atoms with van der Waals surface area (Å²) in [6, 6.07) is 18.4. The van der Waals surface area contributed by atoms with Crippen molar-refractivity contribution in [2.75, 3.05) is 6.54 Å². The van der Waals surface area contributed by atoms with E-state index in [1.54, 1.807) is 18.3 Å². The standard InChI is InChI=1S/C44H57N7O6/c1-3-11-28(2)12-9-17-36(48-43(56)39-18-10-23-51(39)44(57)34(45)24-30-19-21-32(52)22-20-30)41(54)50-38(26-31-27-47-35-16-8-7-15-33(31)35)42(55)49-37(40(46)53)25-29-13-5-4-6-14-29/h4-8,13-16,19-22,27-28,34,36-39,47,52H,3,9-12,17-18,23-26,45H2,1-2H3,(H2,46,53)(H,48,56)(H,49,55)(H,50,54). The van der Waals surface area contributed by atoms with Crippen LogP contribution >= 0.6 is 0 Å². The van der Waals surface area contributed by atoms with E-state index in [2.05, 4.69) is 34.8 Å². The number of nitrogens with one attached hydrogen (secondary N) is 4. The number of benzene rings is 3. The Morgan fingerprint density at radius 1 is 0.807 bits per heavy atom. The number of amides is 5. The molecule has 5 amide bonds. The number of fused-ring (bicyclic) bond motifs is 1.